The first-order valence-electron chi connectivity index (χ1n) is 6.62. The largest absolute Gasteiger partial charge is 0.482 e. The van der Waals surface area contributed by atoms with Crippen LogP contribution in [0.5, 0.6) is 5.75 Å². The standard InChI is InChI=1S/C14H13Cl2N3O6/c15-8-1-2-10(9(16)5-8)25-7-13(22)17-6-12(21)19-18-11(20)3-4-14(23)24/h1-5H,6-7H2,(H,17,22)(H,18,20)(H,19,21)(H,23,24). The highest BCUT2D eigenvalue weighted by Gasteiger charge is 2.09. The molecule has 0 saturated carbocycles. The van der Waals surface area contributed by atoms with Gasteiger partial charge in [-0.3, -0.25) is 25.2 Å². The van der Waals surface area contributed by atoms with E-state index in [9.17, 15) is 19.2 Å². The van der Waals surface area contributed by atoms with Crippen LogP contribution in [-0.4, -0.2) is 41.9 Å². The summed E-state index contributed by atoms with van der Waals surface area (Å²) in [6, 6.07) is 4.48. The fourth-order valence-corrected chi connectivity index (χ4v) is 1.79. The maximum atomic E-state index is 11.6. The van der Waals surface area contributed by atoms with Crippen molar-refractivity contribution in [3.63, 3.8) is 0 Å². The Bertz CT molecular complexity index is 708. The van der Waals surface area contributed by atoms with Gasteiger partial charge < -0.3 is 15.2 Å². The van der Waals surface area contributed by atoms with E-state index in [1.54, 1.807) is 0 Å². The van der Waals surface area contributed by atoms with E-state index in [2.05, 4.69) is 5.32 Å². The number of carbonyl (C=O) groups excluding carboxylic acids is 3. The SMILES string of the molecule is O=C(O)C=CC(=O)NNC(=O)CNC(=O)COc1ccc(Cl)cc1Cl. The summed E-state index contributed by atoms with van der Waals surface area (Å²) in [5, 5.41) is 11.2. The van der Waals surface area contributed by atoms with E-state index in [1.165, 1.54) is 18.2 Å². The van der Waals surface area contributed by atoms with Crippen LogP contribution in [0.4, 0.5) is 0 Å². The quantitative estimate of drug-likeness (QED) is 0.390. The summed E-state index contributed by atoms with van der Waals surface area (Å²) < 4.78 is 5.17. The van der Waals surface area contributed by atoms with Gasteiger partial charge in [-0.1, -0.05) is 23.2 Å². The Labute approximate surface area is 151 Å². The van der Waals surface area contributed by atoms with Gasteiger partial charge in [0, 0.05) is 17.2 Å². The summed E-state index contributed by atoms with van der Waals surface area (Å²) in [6.45, 7) is -0.818. The van der Waals surface area contributed by atoms with Gasteiger partial charge in [-0.15, -0.1) is 0 Å². The average molecular weight is 390 g/mol. The van der Waals surface area contributed by atoms with Crippen molar-refractivity contribution in [2.75, 3.05) is 13.2 Å². The second kappa shape index (κ2) is 10.2. The van der Waals surface area contributed by atoms with E-state index in [1.807, 2.05) is 10.9 Å². The number of hydrazine groups is 1. The number of carbonyl (C=O) groups is 4. The summed E-state index contributed by atoms with van der Waals surface area (Å²) in [7, 11) is 0. The van der Waals surface area contributed by atoms with Gasteiger partial charge in [-0.2, -0.15) is 0 Å². The molecule has 1 aromatic carbocycles. The summed E-state index contributed by atoms with van der Waals surface area (Å²) in [5.74, 6) is -3.23. The molecule has 0 atom stereocenters. The molecule has 0 spiro atoms. The molecule has 9 nitrogen and oxygen atoms in total. The van der Waals surface area contributed by atoms with Gasteiger partial charge in [-0.25, -0.2) is 4.79 Å². The lowest BCUT2D eigenvalue weighted by Crippen LogP contribution is -2.46. The molecule has 0 aliphatic carbocycles. The molecule has 3 amide bonds. The fourth-order valence-electron chi connectivity index (χ4n) is 1.33. The molecular formula is C14H13Cl2N3O6. The lowest BCUT2D eigenvalue weighted by Gasteiger charge is -2.09. The van der Waals surface area contributed by atoms with Crippen molar-refractivity contribution < 1.29 is 29.0 Å². The van der Waals surface area contributed by atoms with Gasteiger partial charge >= 0.3 is 5.97 Å². The maximum absolute atomic E-state index is 11.6. The van der Waals surface area contributed by atoms with E-state index >= 15 is 0 Å². The molecule has 1 rings (SSSR count). The number of halogens is 2. The molecule has 11 heteroatoms. The van der Waals surface area contributed by atoms with Crippen molar-refractivity contribution in [2.45, 2.75) is 0 Å². The third-order valence-electron chi connectivity index (χ3n) is 2.40. The Morgan fingerprint density at radius 2 is 1.80 bits per heavy atom. The number of rotatable bonds is 7. The Morgan fingerprint density at radius 1 is 1.08 bits per heavy atom. The molecule has 25 heavy (non-hydrogen) atoms. The van der Waals surface area contributed by atoms with Crippen molar-refractivity contribution in [3.05, 3.63) is 40.4 Å². The van der Waals surface area contributed by atoms with Crippen molar-refractivity contribution in [3.8, 4) is 5.75 Å². The molecule has 0 heterocycles. The maximum Gasteiger partial charge on any atom is 0.328 e. The number of amides is 3. The fraction of sp³-hybridized carbons (Fsp3) is 0.143. The van der Waals surface area contributed by atoms with Crippen LogP contribution in [0.2, 0.25) is 10.0 Å². The third kappa shape index (κ3) is 8.58. The van der Waals surface area contributed by atoms with Crippen molar-refractivity contribution in [2.24, 2.45) is 0 Å². The normalized spacial score (nSPS) is 10.2. The van der Waals surface area contributed by atoms with Gasteiger partial charge in [0.05, 0.1) is 11.6 Å². The van der Waals surface area contributed by atoms with Crippen molar-refractivity contribution >= 4 is 46.9 Å². The number of carboxylic acid groups (broad SMARTS) is 1. The molecular weight excluding hydrogens is 377 g/mol. The zero-order valence-electron chi connectivity index (χ0n) is 12.5. The van der Waals surface area contributed by atoms with Gasteiger partial charge in [0.15, 0.2) is 6.61 Å². The second-order valence-corrected chi connectivity index (χ2v) is 5.19. The predicted molar refractivity (Wildman–Crippen MR) is 88.0 cm³/mol. The minimum absolute atomic E-state index is 0.232. The molecule has 0 unspecified atom stereocenters. The molecule has 1 aromatic rings. The van der Waals surface area contributed by atoms with Crippen LogP contribution in [-0.2, 0) is 19.2 Å². The van der Waals surface area contributed by atoms with Crippen LogP contribution < -0.4 is 20.9 Å². The first kappa shape index (κ1) is 20.3. The molecule has 4 N–H and O–H groups in total. The Morgan fingerprint density at radius 3 is 2.44 bits per heavy atom. The smallest absolute Gasteiger partial charge is 0.328 e. The summed E-state index contributed by atoms with van der Waals surface area (Å²) in [5.41, 5.74) is 3.91. The lowest BCUT2D eigenvalue weighted by molar-refractivity contribution is -0.132. The number of nitrogens with one attached hydrogen (secondary N) is 3. The monoisotopic (exact) mass is 389 g/mol. The zero-order chi connectivity index (χ0) is 18.8. The number of hydrogen-bond donors (Lipinski definition) is 4. The van der Waals surface area contributed by atoms with E-state index in [0.717, 1.165) is 0 Å². The molecule has 0 radical (unpaired) electrons. The summed E-state index contributed by atoms with van der Waals surface area (Å²) in [4.78, 5) is 44.3. The van der Waals surface area contributed by atoms with Crippen LogP contribution in [0.15, 0.2) is 30.4 Å². The number of carboxylic acids is 1. The number of hydrogen-bond acceptors (Lipinski definition) is 5. The highest BCUT2D eigenvalue weighted by Crippen LogP contribution is 2.27. The molecule has 0 aromatic heterocycles. The zero-order valence-corrected chi connectivity index (χ0v) is 14.1. The highest BCUT2D eigenvalue weighted by molar-refractivity contribution is 6.35. The van der Waals surface area contributed by atoms with E-state index in [-0.39, 0.29) is 17.4 Å². The van der Waals surface area contributed by atoms with Gasteiger partial charge in [-0.05, 0) is 18.2 Å². The van der Waals surface area contributed by atoms with Crippen LogP contribution in [0.25, 0.3) is 0 Å². The van der Waals surface area contributed by atoms with E-state index in [0.29, 0.717) is 17.2 Å². The van der Waals surface area contributed by atoms with E-state index in [4.69, 9.17) is 33.0 Å². The first-order chi connectivity index (χ1) is 11.8. The van der Waals surface area contributed by atoms with Crippen LogP contribution in [0.1, 0.15) is 0 Å². The molecule has 0 saturated heterocycles. The lowest BCUT2D eigenvalue weighted by atomic mass is 10.3. The Balaban J connectivity index is 2.28. The van der Waals surface area contributed by atoms with Crippen molar-refractivity contribution in [1.29, 1.82) is 0 Å². The summed E-state index contributed by atoms with van der Waals surface area (Å²) >= 11 is 11.6. The molecule has 0 aliphatic heterocycles. The van der Waals surface area contributed by atoms with Gasteiger partial charge in [0.25, 0.3) is 17.7 Å². The highest BCUT2D eigenvalue weighted by atomic mass is 35.5. The van der Waals surface area contributed by atoms with Gasteiger partial charge in [0.1, 0.15) is 5.75 Å². The summed E-state index contributed by atoms with van der Waals surface area (Å²) in [6.07, 6.45) is 1.31. The van der Waals surface area contributed by atoms with Crippen LogP contribution in [0, 0.1) is 0 Å². The number of benzene rings is 1. The Hall–Kier alpha value is -2.78. The third-order valence-corrected chi connectivity index (χ3v) is 2.93. The van der Waals surface area contributed by atoms with E-state index < -0.39 is 30.2 Å². The van der Waals surface area contributed by atoms with Crippen molar-refractivity contribution in [1.82, 2.24) is 16.2 Å². The topological polar surface area (TPSA) is 134 Å². The predicted octanol–water partition coefficient (Wildman–Crippen LogP) is 0.277. The molecule has 0 fully saturated rings. The first-order valence-corrected chi connectivity index (χ1v) is 7.38. The average Bonchev–Trinajstić information content (AvgIpc) is 2.55. The molecule has 0 aliphatic rings. The molecule has 134 valence electrons. The minimum atomic E-state index is -1.31. The van der Waals surface area contributed by atoms with Crippen LogP contribution in [0.3, 0.4) is 0 Å². The Kier molecular flexibility index (Phi) is 8.24. The van der Waals surface area contributed by atoms with Gasteiger partial charge in [0.2, 0.25) is 0 Å². The number of aliphatic carboxylic acids is 1. The number of ether oxygens (including phenoxy) is 1. The van der Waals surface area contributed by atoms with Crippen LogP contribution >= 0.6 is 23.2 Å². The molecule has 0 bridgehead atoms. The second-order valence-electron chi connectivity index (χ2n) is 4.35. The minimum Gasteiger partial charge on any atom is -0.482 e.